The minimum absolute atomic E-state index is 0.380. The fraction of sp³-hybridized carbons (Fsp3) is 0.250. The topological polar surface area (TPSA) is 41.5 Å². The molecule has 0 saturated carbocycles. The lowest BCUT2D eigenvalue weighted by molar-refractivity contribution is 0.145. The molecule has 0 radical (unpaired) electrons. The number of benzene rings is 1. The van der Waals surface area contributed by atoms with E-state index in [1.807, 2.05) is 17.6 Å². The molecule has 4 heteroatoms. The van der Waals surface area contributed by atoms with Gasteiger partial charge in [0, 0.05) is 0 Å². The second-order valence-corrected chi connectivity index (χ2v) is 2.59. The summed E-state index contributed by atoms with van der Waals surface area (Å²) in [5.74, 6) is 0.634. The first-order valence-corrected chi connectivity index (χ1v) is 3.96. The molecule has 0 unspecified atom stereocenters. The van der Waals surface area contributed by atoms with E-state index in [2.05, 4.69) is 0 Å². The maximum absolute atomic E-state index is 8.25. The van der Waals surface area contributed by atoms with Crippen LogP contribution in [0, 0.1) is 0 Å². The normalized spacial score (nSPS) is 9.83. The molecule has 0 amide bonds. The quantitative estimate of drug-likeness (QED) is 0.557. The van der Waals surface area contributed by atoms with Crippen molar-refractivity contribution in [1.82, 2.24) is 5.48 Å². The average Bonchev–Trinajstić information content (AvgIpc) is 2.09. The number of hydrogen-bond donors (Lipinski definition) is 2. The molecule has 0 atom stereocenters. The van der Waals surface area contributed by atoms with E-state index >= 15 is 0 Å². The summed E-state index contributed by atoms with van der Waals surface area (Å²) in [7, 11) is 0. The summed E-state index contributed by atoms with van der Waals surface area (Å²) < 4.78 is 5.22. The van der Waals surface area contributed by atoms with Crippen molar-refractivity contribution in [3.05, 3.63) is 29.3 Å². The van der Waals surface area contributed by atoms with Crippen LogP contribution in [0.5, 0.6) is 5.75 Å². The van der Waals surface area contributed by atoms with Crippen molar-refractivity contribution >= 4 is 11.6 Å². The van der Waals surface area contributed by atoms with Crippen molar-refractivity contribution in [2.24, 2.45) is 0 Å². The zero-order valence-corrected chi connectivity index (χ0v) is 7.21. The van der Waals surface area contributed by atoms with Gasteiger partial charge in [-0.3, -0.25) is 0 Å². The molecule has 0 aliphatic heterocycles. The van der Waals surface area contributed by atoms with Crippen molar-refractivity contribution in [2.45, 2.75) is 0 Å². The Morgan fingerprint density at radius 2 is 2.17 bits per heavy atom. The van der Waals surface area contributed by atoms with Crippen molar-refractivity contribution in [2.75, 3.05) is 13.2 Å². The highest BCUT2D eigenvalue weighted by molar-refractivity contribution is 6.32. The first-order chi connectivity index (χ1) is 5.84. The van der Waals surface area contributed by atoms with Gasteiger partial charge in [0.25, 0.3) is 0 Å². The summed E-state index contributed by atoms with van der Waals surface area (Å²) in [5, 5.41) is 8.83. The van der Waals surface area contributed by atoms with Gasteiger partial charge in [0.05, 0.1) is 11.6 Å². The maximum Gasteiger partial charge on any atom is 0.137 e. The molecule has 0 heterocycles. The minimum atomic E-state index is 0.380. The fourth-order valence-electron chi connectivity index (χ4n) is 0.768. The lowest BCUT2D eigenvalue weighted by atomic mass is 10.3. The zero-order valence-electron chi connectivity index (χ0n) is 6.46. The number of hydroxylamine groups is 1. The Hall–Kier alpha value is -0.770. The van der Waals surface area contributed by atoms with E-state index in [1.165, 1.54) is 0 Å². The molecule has 0 bridgehead atoms. The SMILES string of the molecule is ONCCOc1ccccc1Cl. The number of rotatable bonds is 4. The molecule has 0 aromatic heterocycles. The molecule has 0 spiro atoms. The average molecular weight is 188 g/mol. The van der Waals surface area contributed by atoms with Crippen LogP contribution in [0.3, 0.4) is 0 Å². The Kier molecular flexibility index (Phi) is 3.87. The third-order valence-corrected chi connectivity index (χ3v) is 1.62. The van der Waals surface area contributed by atoms with Crippen LogP contribution < -0.4 is 10.2 Å². The Balaban J connectivity index is 2.46. The zero-order chi connectivity index (χ0) is 8.81. The Labute approximate surface area is 75.9 Å². The first kappa shape index (κ1) is 9.32. The van der Waals surface area contributed by atoms with Gasteiger partial charge in [0.15, 0.2) is 0 Å². The molecule has 66 valence electrons. The van der Waals surface area contributed by atoms with E-state index in [0.717, 1.165) is 0 Å². The van der Waals surface area contributed by atoms with Crippen LogP contribution in [0.4, 0.5) is 0 Å². The second kappa shape index (κ2) is 4.98. The van der Waals surface area contributed by atoms with E-state index < -0.39 is 0 Å². The van der Waals surface area contributed by atoms with Gasteiger partial charge in [-0.1, -0.05) is 23.7 Å². The number of halogens is 1. The second-order valence-electron chi connectivity index (χ2n) is 2.19. The third-order valence-electron chi connectivity index (χ3n) is 1.31. The Morgan fingerprint density at radius 3 is 2.83 bits per heavy atom. The number of nitrogens with one attached hydrogen (secondary N) is 1. The van der Waals surface area contributed by atoms with E-state index in [0.29, 0.717) is 23.9 Å². The van der Waals surface area contributed by atoms with Crippen LogP contribution in [-0.2, 0) is 0 Å². The summed E-state index contributed by atoms with van der Waals surface area (Å²) in [6.07, 6.45) is 0. The molecule has 1 aromatic rings. The highest BCUT2D eigenvalue weighted by Crippen LogP contribution is 2.22. The number of para-hydroxylation sites is 1. The van der Waals surface area contributed by atoms with Gasteiger partial charge in [0.2, 0.25) is 0 Å². The van der Waals surface area contributed by atoms with Crippen molar-refractivity contribution in [3.63, 3.8) is 0 Å². The molecule has 1 rings (SSSR count). The number of ether oxygens (including phenoxy) is 1. The van der Waals surface area contributed by atoms with Gasteiger partial charge in [-0.05, 0) is 12.1 Å². The highest BCUT2D eigenvalue weighted by Gasteiger charge is 1.97. The molecular weight excluding hydrogens is 178 g/mol. The third kappa shape index (κ3) is 2.70. The summed E-state index contributed by atoms with van der Waals surface area (Å²) in [6, 6.07) is 7.20. The predicted molar refractivity (Wildman–Crippen MR) is 46.7 cm³/mol. The van der Waals surface area contributed by atoms with Crippen LogP contribution >= 0.6 is 11.6 Å². The Morgan fingerprint density at radius 1 is 1.42 bits per heavy atom. The van der Waals surface area contributed by atoms with E-state index in [9.17, 15) is 0 Å². The lowest BCUT2D eigenvalue weighted by Gasteiger charge is -2.05. The molecule has 0 aliphatic carbocycles. The highest BCUT2D eigenvalue weighted by atomic mass is 35.5. The predicted octanol–water partition coefficient (Wildman–Crippen LogP) is 1.70. The monoisotopic (exact) mass is 187 g/mol. The van der Waals surface area contributed by atoms with Crippen LogP contribution in [0.15, 0.2) is 24.3 Å². The summed E-state index contributed by atoms with van der Waals surface area (Å²) in [6.45, 7) is 0.769. The van der Waals surface area contributed by atoms with Crippen molar-refractivity contribution < 1.29 is 9.94 Å². The first-order valence-electron chi connectivity index (χ1n) is 3.59. The molecule has 12 heavy (non-hydrogen) atoms. The van der Waals surface area contributed by atoms with Gasteiger partial charge >= 0.3 is 0 Å². The Bertz CT molecular complexity index is 242. The largest absolute Gasteiger partial charge is 0.491 e. The van der Waals surface area contributed by atoms with Crippen molar-refractivity contribution in [1.29, 1.82) is 0 Å². The smallest absolute Gasteiger partial charge is 0.137 e. The molecule has 0 fully saturated rings. The molecular formula is C8H10ClNO2. The van der Waals surface area contributed by atoms with Gasteiger partial charge in [-0.25, -0.2) is 5.48 Å². The van der Waals surface area contributed by atoms with E-state index in [1.54, 1.807) is 12.1 Å². The molecule has 0 aliphatic rings. The minimum Gasteiger partial charge on any atom is -0.491 e. The summed E-state index contributed by atoms with van der Waals surface area (Å²) >= 11 is 5.80. The molecule has 2 N–H and O–H groups in total. The van der Waals surface area contributed by atoms with E-state index in [4.69, 9.17) is 21.5 Å². The number of hydrogen-bond acceptors (Lipinski definition) is 3. The maximum atomic E-state index is 8.25. The van der Waals surface area contributed by atoms with Gasteiger partial charge in [0.1, 0.15) is 12.4 Å². The van der Waals surface area contributed by atoms with Crippen LogP contribution in [0.1, 0.15) is 0 Å². The van der Waals surface area contributed by atoms with Gasteiger partial charge in [-0.2, -0.15) is 0 Å². The van der Waals surface area contributed by atoms with Gasteiger partial charge in [-0.15, -0.1) is 0 Å². The molecule has 1 aromatic carbocycles. The summed E-state index contributed by atoms with van der Waals surface area (Å²) in [5.41, 5.74) is 1.99. The fourth-order valence-corrected chi connectivity index (χ4v) is 0.959. The van der Waals surface area contributed by atoms with Gasteiger partial charge < -0.3 is 9.94 Å². The molecule has 0 saturated heterocycles. The van der Waals surface area contributed by atoms with Crippen LogP contribution in [-0.4, -0.2) is 18.4 Å². The van der Waals surface area contributed by atoms with Crippen LogP contribution in [0.25, 0.3) is 0 Å². The standard InChI is InChI=1S/C8H10ClNO2/c9-7-3-1-2-4-8(7)12-6-5-10-11/h1-4,10-11H,5-6H2. The summed E-state index contributed by atoms with van der Waals surface area (Å²) in [4.78, 5) is 0. The lowest BCUT2D eigenvalue weighted by Crippen LogP contribution is -2.16. The van der Waals surface area contributed by atoms with Crippen molar-refractivity contribution in [3.8, 4) is 5.75 Å². The van der Waals surface area contributed by atoms with Crippen LogP contribution in [0.2, 0.25) is 5.02 Å². The van der Waals surface area contributed by atoms with E-state index in [-0.39, 0.29) is 0 Å². The molecule has 3 nitrogen and oxygen atoms in total.